The van der Waals surface area contributed by atoms with Gasteiger partial charge in [-0.05, 0) is 56.4 Å². The Hall–Kier alpha value is -1.38. The molecule has 1 fully saturated rings. The molecule has 3 heteroatoms. The summed E-state index contributed by atoms with van der Waals surface area (Å²) in [4.78, 5) is 11.9. The molecular weight excluding hydrogens is 205 g/mol. The Bertz CT molecular complexity index is 412. The van der Waals surface area contributed by atoms with E-state index in [1.165, 1.54) is 25.0 Å². The third-order valence-corrected chi connectivity index (χ3v) is 3.12. The van der Waals surface area contributed by atoms with Gasteiger partial charge in [-0.3, -0.25) is 4.79 Å². The number of carbonyl (C=O) groups is 1. The quantitative estimate of drug-likeness (QED) is 0.835. The summed E-state index contributed by atoms with van der Waals surface area (Å²) < 4.78 is 12.9. The summed E-state index contributed by atoms with van der Waals surface area (Å²) in [6, 6.07) is 4.47. The largest absolute Gasteiger partial charge is 0.349 e. The molecule has 1 saturated carbocycles. The van der Waals surface area contributed by atoms with Gasteiger partial charge in [-0.25, -0.2) is 4.39 Å². The van der Waals surface area contributed by atoms with Crippen molar-refractivity contribution in [1.29, 1.82) is 0 Å². The third kappa shape index (κ3) is 2.40. The van der Waals surface area contributed by atoms with E-state index in [-0.39, 0.29) is 17.8 Å². The van der Waals surface area contributed by atoms with Gasteiger partial charge in [-0.15, -0.1) is 0 Å². The first-order valence-electron chi connectivity index (χ1n) is 5.65. The Labute approximate surface area is 94.9 Å². The van der Waals surface area contributed by atoms with E-state index in [2.05, 4.69) is 5.32 Å². The predicted octanol–water partition coefficient (Wildman–Crippen LogP) is 2.66. The van der Waals surface area contributed by atoms with Crippen LogP contribution in [0.5, 0.6) is 0 Å². The van der Waals surface area contributed by atoms with Gasteiger partial charge in [0.1, 0.15) is 5.82 Å². The minimum absolute atomic E-state index is 0.100. The van der Waals surface area contributed by atoms with Gasteiger partial charge in [0, 0.05) is 11.6 Å². The van der Waals surface area contributed by atoms with E-state index in [4.69, 9.17) is 0 Å². The number of hydrogen-bond donors (Lipinski definition) is 1. The standard InChI is InChI=1S/C13H16FNO/c1-8-7-11(14)5-6-12(8)13(16)15-9(2)10-3-4-10/h5-7,9-10H,3-4H2,1-2H3,(H,15,16). The summed E-state index contributed by atoms with van der Waals surface area (Å²) >= 11 is 0. The molecule has 86 valence electrons. The highest BCUT2D eigenvalue weighted by atomic mass is 19.1. The van der Waals surface area contributed by atoms with Gasteiger partial charge in [-0.1, -0.05) is 0 Å². The molecule has 1 aromatic rings. The van der Waals surface area contributed by atoms with Crippen molar-refractivity contribution in [1.82, 2.24) is 5.32 Å². The number of benzene rings is 1. The Morgan fingerprint density at radius 2 is 2.19 bits per heavy atom. The zero-order chi connectivity index (χ0) is 11.7. The number of hydrogen-bond acceptors (Lipinski definition) is 1. The highest BCUT2D eigenvalue weighted by molar-refractivity contribution is 5.95. The second kappa shape index (κ2) is 4.24. The summed E-state index contributed by atoms with van der Waals surface area (Å²) in [7, 11) is 0. The number of halogens is 1. The number of nitrogens with one attached hydrogen (secondary N) is 1. The van der Waals surface area contributed by atoms with Gasteiger partial charge in [-0.2, -0.15) is 0 Å². The summed E-state index contributed by atoms with van der Waals surface area (Å²) in [6.45, 7) is 3.77. The van der Waals surface area contributed by atoms with E-state index in [9.17, 15) is 9.18 Å². The van der Waals surface area contributed by atoms with Crippen molar-refractivity contribution in [3.8, 4) is 0 Å². The smallest absolute Gasteiger partial charge is 0.251 e. The first-order chi connectivity index (χ1) is 7.58. The van der Waals surface area contributed by atoms with Crippen molar-refractivity contribution in [2.45, 2.75) is 32.7 Å². The molecule has 1 N–H and O–H groups in total. The highest BCUT2D eigenvalue weighted by Gasteiger charge is 2.29. The fourth-order valence-corrected chi connectivity index (χ4v) is 1.88. The average Bonchev–Trinajstić information content (AvgIpc) is 2.99. The number of aryl methyl sites for hydroxylation is 1. The fraction of sp³-hybridized carbons (Fsp3) is 0.462. The van der Waals surface area contributed by atoms with Gasteiger partial charge in [0.15, 0.2) is 0 Å². The normalized spacial score (nSPS) is 16.9. The van der Waals surface area contributed by atoms with Crippen LogP contribution in [-0.4, -0.2) is 11.9 Å². The Morgan fingerprint density at radius 3 is 2.75 bits per heavy atom. The molecule has 0 radical (unpaired) electrons. The molecule has 0 saturated heterocycles. The maximum atomic E-state index is 12.9. The van der Waals surface area contributed by atoms with Crippen molar-refractivity contribution in [3.63, 3.8) is 0 Å². The van der Waals surface area contributed by atoms with Gasteiger partial charge in [0.25, 0.3) is 5.91 Å². The maximum absolute atomic E-state index is 12.9. The summed E-state index contributed by atoms with van der Waals surface area (Å²) in [5.74, 6) is 0.228. The van der Waals surface area contributed by atoms with Crippen LogP contribution < -0.4 is 5.32 Å². The number of amides is 1. The minimum Gasteiger partial charge on any atom is -0.349 e. The zero-order valence-corrected chi connectivity index (χ0v) is 9.59. The predicted molar refractivity (Wildman–Crippen MR) is 60.8 cm³/mol. The molecule has 0 spiro atoms. The summed E-state index contributed by atoms with van der Waals surface area (Å²) in [5.41, 5.74) is 1.24. The van der Waals surface area contributed by atoms with E-state index >= 15 is 0 Å². The molecule has 1 aliphatic rings. The fourth-order valence-electron chi connectivity index (χ4n) is 1.88. The van der Waals surface area contributed by atoms with Crippen LogP contribution in [0.1, 0.15) is 35.7 Å². The number of carbonyl (C=O) groups excluding carboxylic acids is 1. The lowest BCUT2D eigenvalue weighted by molar-refractivity contribution is 0.0935. The van der Waals surface area contributed by atoms with Crippen LogP contribution >= 0.6 is 0 Å². The molecule has 2 nitrogen and oxygen atoms in total. The Balaban J connectivity index is 2.07. The molecule has 0 bridgehead atoms. The second-order valence-corrected chi connectivity index (χ2v) is 4.56. The van der Waals surface area contributed by atoms with Crippen LogP contribution in [0.25, 0.3) is 0 Å². The topological polar surface area (TPSA) is 29.1 Å². The van der Waals surface area contributed by atoms with E-state index in [0.29, 0.717) is 17.0 Å². The molecule has 0 aromatic heterocycles. The molecule has 1 atom stereocenters. The van der Waals surface area contributed by atoms with Gasteiger partial charge in [0.05, 0.1) is 0 Å². The van der Waals surface area contributed by atoms with Crippen LogP contribution in [0, 0.1) is 18.7 Å². The molecule has 1 aromatic carbocycles. The summed E-state index contributed by atoms with van der Waals surface area (Å²) in [5, 5.41) is 2.96. The molecule has 0 aliphatic heterocycles. The van der Waals surface area contributed by atoms with Gasteiger partial charge in [0.2, 0.25) is 0 Å². The average molecular weight is 221 g/mol. The van der Waals surface area contributed by atoms with Crippen molar-refractivity contribution >= 4 is 5.91 Å². The van der Waals surface area contributed by atoms with E-state index in [0.717, 1.165) is 0 Å². The van der Waals surface area contributed by atoms with E-state index in [1.54, 1.807) is 13.0 Å². The molecule has 1 unspecified atom stereocenters. The second-order valence-electron chi connectivity index (χ2n) is 4.56. The minimum atomic E-state index is -0.302. The number of rotatable bonds is 3. The first-order valence-corrected chi connectivity index (χ1v) is 5.65. The third-order valence-electron chi connectivity index (χ3n) is 3.12. The molecule has 2 rings (SSSR count). The molecule has 1 aliphatic carbocycles. The van der Waals surface area contributed by atoms with Crippen molar-refractivity contribution in [3.05, 3.63) is 35.1 Å². The van der Waals surface area contributed by atoms with Crippen LogP contribution in [0.2, 0.25) is 0 Å². The maximum Gasteiger partial charge on any atom is 0.251 e. The van der Waals surface area contributed by atoms with Crippen molar-refractivity contribution < 1.29 is 9.18 Å². The highest BCUT2D eigenvalue weighted by Crippen LogP contribution is 2.32. The lowest BCUT2D eigenvalue weighted by Gasteiger charge is -2.13. The monoisotopic (exact) mass is 221 g/mol. The van der Waals surface area contributed by atoms with Crippen LogP contribution in [0.4, 0.5) is 4.39 Å². The van der Waals surface area contributed by atoms with Crippen molar-refractivity contribution in [2.75, 3.05) is 0 Å². The first kappa shape index (κ1) is 11.1. The summed E-state index contributed by atoms with van der Waals surface area (Å²) in [6.07, 6.45) is 2.40. The van der Waals surface area contributed by atoms with E-state index in [1.807, 2.05) is 6.92 Å². The zero-order valence-electron chi connectivity index (χ0n) is 9.59. The van der Waals surface area contributed by atoms with Gasteiger partial charge >= 0.3 is 0 Å². The van der Waals surface area contributed by atoms with Crippen molar-refractivity contribution in [2.24, 2.45) is 5.92 Å². The van der Waals surface area contributed by atoms with Crippen LogP contribution in [0.3, 0.4) is 0 Å². The van der Waals surface area contributed by atoms with E-state index < -0.39 is 0 Å². The molecule has 0 heterocycles. The molecule has 1 amide bonds. The van der Waals surface area contributed by atoms with Crippen LogP contribution in [0.15, 0.2) is 18.2 Å². The van der Waals surface area contributed by atoms with Crippen LogP contribution in [-0.2, 0) is 0 Å². The lowest BCUT2D eigenvalue weighted by atomic mass is 10.1. The molecular formula is C13H16FNO. The Morgan fingerprint density at radius 1 is 1.50 bits per heavy atom. The van der Waals surface area contributed by atoms with Gasteiger partial charge < -0.3 is 5.32 Å². The molecule has 16 heavy (non-hydrogen) atoms. The SMILES string of the molecule is Cc1cc(F)ccc1C(=O)NC(C)C1CC1. The Kier molecular flexibility index (Phi) is 2.95. The lowest BCUT2D eigenvalue weighted by Crippen LogP contribution is -2.34.